The Morgan fingerprint density at radius 1 is 1.31 bits per heavy atom. The van der Waals surface area contributed by atoms with Gasteiger partial charge < -0.3 is 19.9 Å². The molecule has 5 nitrogen and oxygen atoms in total. The summed E-state index contributed by atoms with van der Waals surface area (Å²) in [5, 5.41) is 3.51. The van der Waals surface area contributed by atoms with E-state index in [0.29, 0.717) is 12.1 Å². The predicted molar refractivity (Wildman–Crippen MR) is 121 cm³/mol. The number of likely N-dealkylation sites (N-methyl/N-ethyl adjacent to an activating group) is 1. The van der Waals surface area contributed by atoms with Gasteiger partial charge in [0.1, 0.15) is 11.9 Å². The van der Waals surface area contributed by atoms with Gasteiger partial charge in [0.25, 0.3) is 0 Å². The number of rotatable bonds is 7. The van der Waals surface area contributed by atoms with Gasteiger partial charge in [0.2, 0.25) is 0 Å². The van der Waals surface area contributed by atoms with Crippen molar-refractivity contribution in [3.8, 4) is 5.75 Å². The summed E-state index contributed by atoms with van der Waals surface area (Å²) in [6, 6.07) is 10.7. The maximum Gasteiger partial charge on any atom is 0.193 e. The summed E-state index contributed by atoms with van der Waals surface area (Å²) in [6.07, 6.45) is 3.54. The molecule has 0 amide bonds. The van der Waals surface area contributed by atoms with Crippen molar-refractivity contribution < 1.29 is 4.74 Å². The van der Waals surface area contributed by atoms with E-state index in [9.17, 15) is 0 Å². The average Bonchev–Trinajstić information content (AvgIpc) is 2.66. The number of guanidine groups is 1. The highest BCUT2D eigenvalue weighted by Gasteiger charge is 2.22. The molecule has 1 N–H and O–H groups in total. The molecule has 1 aliphatic heterocycles. The molecule has 0 bridgehead atoms. The highest BCUT2D eigenvalue weighted by atomic mass is 127. The lowest BCUT2D eigenvalue weighted by atomic mass is 10.1. The van der Waals surface area contributed by atoms with E-state index < -0.39 is 0 Å². The van der Waals surface area contributed by atoms with Gasteiger partial charge in [-0.1, -0.05) is 25.1 Å². The van der Waals surface area contributed by atoms with Crippen molar-refractivity contribution in [2.45, 2.75) is 45.3 Å². The second kappa shape index (κ2) is 12.4. The van der Waals surface area contributed by atoms with Crippen LogP contribution in [0.4, 0.5) is 0 Å². The molecule has 0 saturated carbocycles. The van der Waals surface area contributed by atoms with Crippen molar-refractivity contribution in [2.24, 2.45) is 4.99 Å². The quantitative estimate of drug-likeness (QED) is 0.374. The first-order chi connectivity index (χ1) is 12.1. The molecule has 0 spiro atoms. The number of benzene rings is 1. The van der Waals surface area contributed by atoms with Gasteiger partial charge >= 0.3 is 0 Å². The molecule has 148 valence electrons. The second-order valence-corrected chi connectivity index (χ2v) is 6.83. The summed E-state index contributed by atoms with van der Waals surface area (Å²) in [5.74, 6) is 1.98. The van der Waals surface area contributed by atoms with Gasteiger partial charge in [0.15, 0.2) is 5.96 Å². The molecule has 1 aromatic rings. The maximum atomic E-state index is 6.07. The number of piperidine rings is 1. The highest BCUT2D eigenvalue weighted by Crippen LogP contribution is 2.18. The third-order valence-electron chi connectivity index (χ3n) is 5.09. The van der Waals surface area contributed by atoms with E-state index in [1.54, 1.807) is 0 Å². The van der Waals surface area contributed by atoms with Crippen LogP contribution in [-0.4, -0.2) is 68.2 Å². The third-order valence-corrected chi connectivity index (χ3v) is 5.09. The van der Waals surface area contributed by atoms with E-state index in [-0.39, 0.29) is 24.0 Å². The van der Waals surface area contributed by atoms with Crippen molar-refractivity contribution in [1.82, 2.24) is 15.1 Å². The summed E-state index contributed by atoms with van der Waals surface area (Å²) in [6.45, 7) is 8.42. The Balaban J connectivity index is 0.00000338. The van der Waals surface area contributed by atoms with Crippen LogP contribution in [0.1, 0.15) is 33.1 Å². The Bertz CT molecular complexity index is 518. The lowest BCUT2D eigenvalue weighted by Crippen LogP contribution is -2.49. The number of halogens is 1. The number of hydrogen-bond acceptors (Lipinski definition) is 3. The molecule has 1 heterocycles. The molecule has 1 aliphatic rings. The van der Waals surface area contributed by atoms with Gasteiger partial charge in [0.05, 0.1) is 0 Å². The van der Waals surface area contributed by atoms with Gasteiger partial charge in [0, 0.05) is 52.1 Å². The van der Waals surface area contributed by atoms with E-state index in [1.807, 2.05) is 37.4 Å². The summed E-state index contributed by atoms with van der Waals surface area (Å²) in [4.78, 5) is 9.19. The zero-order valence-electron chi connectivity index (χ0n) is 16.6. The minimum absolute atomic E-state index is 0. The molecular weight excluding hydrogens is 439 g/mol. The van der Waals surface area contributed by atoms with Gasteiger partial charge in [-0.25, -0.2) is 0 Å². The Kier molecular flexibility index (Phi) is 11.0. The summed E-state index contributed by atoms with van der Waals surface area (Å²) in [5.41, 5.74) is 0. The topological polar surface area (TPSA) is 40.1 Å². The summed E-state index contributed by atoms with van der Waals surface area (Å²) < 4.78 is 6.07. The van der Waals surface area contributed by atoms with Gasteiger partial charge in [-0.3, -0.25) is 4.99 Å². The molecule has 0 aromatic heterocycles. The Morgan fingerprint density at radius 2 is 1.96 bits per heavy atom. The molecule has 0 aliphatic carbocycles. The minimum atomic E-state index is 0. The molecule has 26 heavy (non-hydrogen) atoms. The van der Waals surface area contributed by atoms with Crippen LogP contribution in [0, 0.1) is 0 Å². The van der Waals surface area contributed by atoms with Gasteiger partial charge in [-0.15, -0.1) is 24.0 Å². The van der Waals surface area contributed by atoms with E-state index >= 15 is 0 Å². The minimum Gasteiger partial charge on any atom is -0.490 e. The van der Waals surface area contributed by atoms with Crippen LogP contribution in [0.5, 0.6) is 5.75 Å². The predicted octanol–water partition coefficient (Wildman–Crippen LogP) is 3.45. The molecule has 1 unspecified atom stereocenters. The molecular formula is C20H35IN4O. The number of hydrogen-bond donors (Lipinski definition) is 1. The lowest BCUT2D eigenvalue weighted by molar-refractivity contribution is 0.129. The molecule has 0 radical (unpaired) electrons. The average molecular weight is 474 g/mol. The number of nitrogens with one attached hydrogen (secondary N) is 1. The number of ether oxygens (including phenoxy) is 1. The zero-order chi connectivity index (χ0) is 18.1. The Morgan fingerprint density at radius 3 is 2.54 bits per heavy atom. The number of para-hydroxylation sites is 1. The Labute approximate surface area is 176 Å². The van der Waals surface area contributed by atoms with E-state index in [4.69, 9.17) is 4.74 Å². The van der Waals surface area contributed by atoms with Gasteiger partial charge in [-0.05, 0) is 32.5 Å². The van der Waals surface area contributed by atoms with Crippen molar-refractivity contribution in [3.63, 3.8) is 0 Å². The van der Waals surface area contributed by atoms with Crippen LogP contribution in [0.25, 0.3) is 0 Å². The van der Waals surface area contributed by atoms with Crippen molar-refractivity contribution in [2.75, 3.05) is 40.3 Å². The smallest absolute Gasteiger partial charge is 0.193 e. The third kappa shape index (κ3) is 7.31. The summed E-state index contributed by atoms with van der Waals surface area (Å²) in [7, 11) is 4.05. The normalized spacial score (nSPS) is 17.0. The fraction of sp³-hybridized carbons (Fsp3) is 0.650. The van der Waals surface area contributed by atoms with Crippen molar-refractivity contribution >= 4 is 29.9 Å². The van der Waals surface area contributed by atoms with E-state index in [1.165, 1.54) is 6.42 Å². The second-order valence-electron chi connectivity index (χ2n) is 6.83. The monoisotopic (exact) mass is 474 g/mol. The molecule has 2 rings (SSSR count). The molecule has 6 heteroatoms. The van der Waals surface area contributed by atoms with Crippen LogP contribution < -0.4 is 10.1 Å². The first-order valence-corrected chi connectivity index (χ1v) is 9.51. The van der Waals surface area contributed by atoms with Crippen LogP contribution in [-0.2, 0) is 0 Å². The highest BCUT2D eigenvalue weighted by molar-refractivity contribution is 14.0. The molecule has 1 saturated heterocycles. The van der Waals surface area contributed by atoms with Crippen LogP contribution in [0.3, 0.4) is 0 Å². The lowest BCUT2D eigenvalue weighted by Gasteiger charge is -2.34. The van der Waals surface area contributed by atoms with Gasteiger partial charge in [-0.2, -0.15) is 0 Å². The number of aliphatic imine (C=N–C) groups is 1. The van der Waals surface area contributed by atoms with Crippen LogP contribution in [0.2, 0.25) is 0 Å². The molecule has 1 fully saturated rings. The zero-order valence-corrected chi connectivity index (χ0v) is 19.0. The van der Waals surface area contributed by atoms with Crippen molar-refractivity contribution in [1.29, 1.82) is 0 Å². The molecule has 1 atom stereocenters. The Hall–Kier alpha value is -1.02. The number of nitrogens with zero attached hydrogens (tertiary/aromatic N) is 3. The van der Waals surface area contributed by atoms with E-state index in [0.717, 1.165) is 50.7 Å². The fourth-order valence-electron chi connectivity index (χ4n) is 3.09. The van der Waals surface area contributed by atoms with Crippen molar-refractivity contribution in [3.05, 3.63) is 30.3 Å². The largest absolute Gasteiger partial charge is 0.490 e. The standard InChI is InChI=1S/C20H34N4O.HI/c1-5-17(2)23(4)16-13-22-20(21-3)24-14-11-19(12-15-24)25-18-9-7-6-8-10-18;/h6-10,17,19H,5,11-16H2,1-4H3,(H,21,22);1H. The first-order valence-electron chi connectivity index (χ1n) is 9.51. The van der Waals surface area contributed by atoms with Crippen LogP contribution in [0.15, 0.2) is 35.3 Å². The number of likely N-dealkylation sites (tertiary alicyclic amines) is 1. The summed E-state index contributed by atoms with van der Waals surface area (Å²) >= 11 is 0. The van der Waals surface area contributed by atoms with E-state index in [2.05, 4.69) is 41.0 Å². The first kappa shape index (κ1) is 23.0. The SMILES string of the molecule is CCC(C)N(C)CCNC(=NC)N1CCC(Oc2ccccc2)CC1.I. The molecule has 1 aromatic carbocycles. The van der Waals surface area contributed by atoms with Crippen LogP contribution >= 0.6 is 24.0 Å². The maximum absolute atomic E-state index is 6.07. The fourth-order valence-corrected chi connectivity index (χ4v) is 3.09.